The molecule has 0 bridgehead atoms. The zero-order valence-electron chi connectivity index (χ0n) is 37.3. The molecule has 5 aliphatic heterocycles. The van der Waals surface area contributed by atoms with Crippen molar-refractivity contribution in [2.75, 3.05) is 67.5 Å². The Labute approximate surface area is 395 Å². The van der Waals surface area contributed by atoms with Gasteiger partial charge in [-0.1, -0.05) is 12.1 Å². The van der Waals surface area contributed by atoms with Crippen molar-refractivity contribution < 1.29 is 32.3 Å². The zero-order valence-corrected chi connectivity index (χ0v) is 38.1. The Hall–Kier alpha value is -7.20. The lowest BCUT2D eigenvalue weighted by Gasteiger charge is -2.61. The average molecular weight is 959 g/mol. The molecule has 2 atom stereocenters. The maximum absolute atomic E-state index is 15.9. The van der Waals surface area contributed by atoms with Crippen molar-refractivity contribution in [3.63, 3.8) is 0 Å². The van der Waals surface area contributed by atoms with Gasteiger partial charge in [0.05, 0.1) is 58.5 Å². The van der Waals surface area contributed by atoms with E-state index in [2.05, 4.69) is 35.6 Å². The third-order valence-electron chi connectivity index (χ3n) is 14.3. The molecule has 12 rings (SSSR count). The molecule has 7 aromatic rings. The maximum Gasteiger partial charge on any atom is 0.329 e. The highest BCUT2D eigenvalue weighted by atomic mass is 32.1. The standard InChI is InChI=1S/C47H45F3N14O4S/c1-58-37-17-35(52-18-30(37)42(57-58)63-13-9-38(65)54-45(63)68)32-8-12-59(25-47(32,49)50)20-39(66)62-23-46(24-62)21-61(22-46)29-6-4-27(5-7-29)28-15-33(48)31-19-64(56-34(31)16-28)41(43(67)55-44-51-10-14-69-44)40-36-3-2-11-60(36)26-53-40/h4-7,10,14-19,26,32,41H,2-3,8-9,11-13,20-25H2,1H3,(H,51,55,67)(H,54,65,68). The predicted octanol–water partition coefficient (Wildman–Crippen LogP) is 5.17. The molecule has 0 aliphatic carbocycles. The molecule has 10 heterocycles. The van der Waals surface area contributed by atoms with Gasteiger partial charge in [-0.2, -0.15) is 10.2 Å². The summed E-state index contributed by atoms with van der Waals surface area (Å²) >= 11 is 1.30. The Morgan fingerprint density at radius 3 is 2.54 bits per heavy atom. The van der Waals surface area contributed by atoms with E-state index in [9.17, 15) is 19.2 Å². The van der Waals surface area contributed by atoms with Gasteiger partial charge < -0.3 is 14.4 Å². The number of alkyl halides is 2. The molecule has 4 saturated heterocycles. The van der Waals surface area contributed by atoms with Crippen molar-refractivity contribution in [1.82, 2.24) is 54.2 Å². The lowest BCUT2D eigenvalue weighted by atomic mass is 9.72. The fourth-order valence-corrected chi connectivity index (χ4v) is 11.3. The molecule has 2 unspecified atom stereocenters. The van der Waals surface area contributed by atoms with Gasteiger partial charge in [-0.3, -0.25) is 49.2 Å². The summed E-state index contributed by atoms with van der Waals surface area (Å²) in [6, 6.07) is 11.2. The summed E-state index contributed by atoms with van der Waals surface area (Å²) in [5.41, 5.74) is 5.09. The van der Waals surface area contributed by atoms with Crippen LogP contribution in [-0.4, -0.2) is 131 Å². The number of rotatable bonds is 10. The maximum atomic E-state index is 15.9. The second-order valence-electron chi connectivity index (χ2n) is 18.9. The molecule has 4 fully saturated rings. The number of carbonyl (C=O) groups is 4. The third-order valence-corrected chi connectivity index (χ3v) is 15.0. The number of imidazole rings is 1. The molecule has 5 amide bonds. The number of nitrogens with zero attached hydrogens (tertiary/aromatic N) is 12. The van der Waals surface area contributed by atoms with Crippen molar-refractivity contribution in [2.45, 2.75) is 50.1 Å². The fraction of sp³-hybridized carbons (Fsp3) is 0.383. The largest absolute Gasteiger partial charge is 0.370 e. The van der Waals surface area contributed by atoms with Crippen LogP contribution in [0.15, 0.2) is 72.8 Å². The number of pyridine rings is 1. The minimum absolute atomic E-state index is 0.0604. The molecule has 5 aliphatic rings. The number of fused-ring (bicyclic) bond motifs is 3. The van der Waals surface area contributed by atoms with Crippen LogP contribution in [0.4, 0.5) is 34.6 Å². The van der Waals surface area contributed by atoms with E-state index in [4.69, 9.17) is 5.10 Å². The Morgan fingerprint density at radius 1 is 0.942 bits per heavy atom. The van der Waals surface area contributed by atoms with E-state index in [1.54, 1.807) is 42.1 Å². The lowest BCUT2D eigenvalue weighted by Crippen LogP contribution is -2.73. The number of anilines is 3. The summed E-state index contributed by atoms with van der Waals surface area (Å²) in [5.74, 6) is -5.37. The summed E-state index contributed by atoms with van der Waals surface area (Å²) in [5, 5.41) is 17.4. The van der Waals surface area contributed by atoms with Crippen LogP contribution in [0, 0.1) is 11.2 Å². The highest BCUT2D eigenvalue weighted by molar-refractivity contribution is 7.13. The van der Waals surface area contributed by atoms with Crippen molar-refractivity contribution in [3.8, 4) is 11.1 Å². The van der Waals surface area contributed by atoms with Gasteiger partial charge in [0, 0.05) is 93.5 Å². The van der Waals surface area contributed by atoms with Crippen molar-refractivity contribution in [2.24, 2.45) is 12.5 Å². The number of benzene rings is 2. The molecule has 2 aromatic carbocycles. The Balaban J connectivity index is 0.657. The first-order valence-corrected chi connectivity index (χ1v) is 23.8. The van der Waals surface area contributed by atoms with Gasteiger partial charge in [-0.05, 0) is 67.3 Å². The highest BCUT2D eigenvalue weighted by Gasteiger charge is 2.54. The molecule has 69 heavy (non-hydrogen) atoms. The molecule has 2 N–H and O–H groups in total. The number of hydrogen-bond donors (Lipinski definition) is 2. The molecule has 5 aromatic heterocycles. The molecule has 0 radical (unpaired) electrons. The third kappa shape index (κ3) is 7.56. The molecule has 18 nitrogen and oxygen atoms in total. The quantitative estimate of drug-likeness (QED) is 0.184. The predicted molar refractivity (Wildman–Crippen MR) is 249 cm³/mol. The minimum Gasteiger partial charge on any atom is -0.370 e. The van der Waals surface area contributed by atoms with Crippen LogP contribution in [-0.2, 0) is 34.4 Å². The van der Waals surface area contributed by atoms with Crippen LogP contribution in [0.1, 0.15) is 48.3 Å². The first-order valence-electron chi connectivity index (χ1n) is 22.9. The Kier molecular flexibility index (Phi) is 10.1. The highest BCUT2D eigenvalue weighted by Crippen LogP contribution is 2.44. The summed E-state index contributed by atoms with van der Waals surface area (Å²) < 4.78 is 52.6. The van der Waals surface area contributed by atoms with Crippen LogP contribution in [0.3, 0.4) is 0 Å². The van der Waals surface area contributed by atoms with Crippen molar-refractivity contribution >= 4 is 73.5 Å². The number of thiazole rings is 1. The number of amides is 5. The van der Waals surface area contributed by atoms with Gasteiger partial charge in [0.15, 0.2) is 17.0 Å². The molecule has 0 saturated carbocycles. The smallest absolute Gasteiger partial charge is 0.329 e. The molecule has 1 spiro atoms. The van der Waals surface area contributed by atoms with Gasteiger partial charge in [0.25, 0.3) is 11.8 Å². The van der Waals surface area contributed by atoms with E-state index in [-0.39, 0.29) is 60.1 Å². The topological polar surface area (TPSA) is 185 Å². The van der Waals surface area contributed by atoms with E-state index in [1.807, 2.05) is 34.9 Å². The van der Waals surface area contributed by atoms with Crippen LogP contribution in [0.25, 0.3) is 32.9 Å². The SMILES string of the molecule is Cn1nc(N2CCC(=O)NC2=O)c2cnc(C3CCN(CC(=O)N4CC5(C4)CN(c4ccc(-c6cc(F)c7cn(C(C(=O)Nc8nccs8)c8ncn9c8CCC9)nc7c6)cc4)C5)CC3(F)F)cc21. The van der Waals surface area contributed by atoms with E-state index < -0.39 is 36.3 Å². The van der Waals surface area contributed by atoms with E-state index in [1.165, 1.54) is 42.8 Å². The number of aryl methyl sites for hydroxylation is 2. The summed E-state index contributed by atoms with van der Waals surface area (Å²) in [7, 11) is 1.66. The van der Waals surface area contributed by atoms with E-state index in [0.717, 1.165) is 49.4 Å². The monoisotopic (exact) mass is 958 g/mol. The van der Waals surface area contributed by atoms with Gasteiger partial charge >= 0.3 is 6.03 Å². The molecular formula is C47H45F3N14O4S. The first kappa shape index (κ1) is 43.1. The second-order valence-corrected chi connectivity index (χ2v) is 19.8. The van der Waals surface area contributed by atoms with Gasteiger partial charge in [0.2, 0.25) is 11.8 Å². The molecule has 22 heteroatoms. The first-order chi connectivity index (χ1) is 33.3. The van der Waals surface area contributed by atoms with E-state index in [0.29, 0.717) is 58.3 Å². The number of hydrogen-bond acceptors (Lipinski definition) is 12. The lowest BCUT2D eigenvalue weighted by molar-refractivity contribution is -0.149. The van der Waals surface area contributed by atoms with Crippen LogP contribution in [0.5, 0.6) is 0 Å². The van der Waals surface area contributed by atoms with Crippen LogP contribution < -0.4 is 20.4 Å². The molecular weight excluding hydrogens is 914 g/mol. The number of piperidine rings is 1. The van der Waals surface area contributed by atoms with Gasteiger partial charge in [0.1, 0.15) is 5.82 Å². The number of likely N-dealkylation sites (tertiary alicyclic amines) is 2. The number of urea groups is 1. The minimum atomic E-state index is -3.15. The Morgan fingerprint density at radius 2 is 1.77 bits per heavy atom. The number of carbonyl (C=O) groups excluding carboxylic acids is 4. The van der Waals surface area contributed by atoms with Crippen LogP contribution >= 0.6 is 11.3 Å². The number of aromatic nitrogens is 8. The number of imide groups is 1. The second kappa shape index (κ2) is 16.2. The molecule has 354 valence electrons. The summed E-state index contributed by atoms with van der Waals surface area (Å²) in [6.45, 7) is 3.21. The van der Waals surface area contributed by atoms with Crippen molar-refractivity contribution in [1.29, 1.82) is 0 Å². The zero-order chi connectivity index (χ0) is 47.3. The Bertz CT molecular complexity index is 3210. The number of nitrogens with one attached hydrogen (secondary N) is 2. The normalized spacial score (nSPS) is 20.3. The average Bonchev–Trinajstić information content (AvgIpc) is 4.15. The summed E-state index contributed by atoms with van der Waals surface area (Å²) in [4.78, 5) is 71.4. The van der Waals surface area contributed by atoms with Gasteiger partial charge in [-0.15, -0.1) is 11.3 Å². The number of halogens is 3. The van der Waals surface area contributed by atoms with Gasteiger partial charge in [-0.25, -0.2) is 27.9 Å². The van der Waals surface area contributed by atoms with Crippen molar-refractivity contribution in [3.05, 3.63) is 95.7 Å². The fourth-order valence-electron chi connectivity index (χ4n) is 10.8. The summed E-state index contributed by atoms with van der Waals surface area (Å²) in [6.07, 6.45) is 8.33. The van der Waals surface area contributed by atoms with Crippen LogP contribution in [0.2, 0.25) is 0 Å². The van der Waals surface area contributed by atoms with E-state index >= 15 is 13.2 Å².